The number of carbonyl (C=O) groups is 1. The molecule has 1 fully saturated rings. The lowest BCUT2D eigenvalue weighted by molar-refractivity contribution is 0.112. The Kier molecular flexibility index (Phi) is 3.08. The van der Waals surface area contributed by atoms with Crippen LogP contribution in [0.25, 0.3) is 0 Å². The van der Waals surface area contributed by atoms with Crippen LogP contribution in [0.5, 0.6) is 5.75 Å². The molecule has 0 saturated heterocycles. The normalized spacial score (nSPS) is 20.9. The number of aldehydes is 1. The summed E-state index contributed by atoms with van der Waals surface area (Å²) in [4.78, 5) is 13.4. The van der Waals surface area contributed by atoms with Crippen LogP contribution >= 0.6 is 0 Å². The Morgan fingerprint density at radius 3 is 2.39 bits per heavy atom. The summed E-state index contributed by atoms with van der Waals surface area (Å²) in [6.45, 7) is 2.16. The standard InChI is InChI=1S/C15H19NO2/c17-10-13-8-11-4-6-16(14-2-1-3-14)7-5-12(11)9-15(13)18/h8-10,14,18H,1-7H2. The molecule has 0 spiro atoms. The molecule has 96 valence electrons. The zero-order valence-electron chi connectivity index (χ0n) is 10.6. The second-order valence-corrected chi connectivity index (χ2v) is 5.42. The first-order valence-electron chi connectivity index (χ1n) is 6.82. The van der Waals surface area contributed by atoms with Crippen LogP contribution in [0, 0.1) is 0 Å². The highest BCUT2D eigenvalue weighted by molar-refractivity contribution is 5.79. The van der Waals surface area contributed by atoms with Crippen LogP contribution in [0.1, 0.15) is 40.7 Å². The van der Waals surface area contributed by atoms with E-state index in [1.54, 1.807) is 6.07 Å². The van der Waals surface area contributed by atoms with Crippen molar-refractivity contribution in [2.75, 3.05) is 13.1 Å². The van der Waals surface area contributed by atoms with E-state index in [0.29, 0.717) is 5.56 Å². The molecule has 1 aliphatic heterocycles. The maximum Gasteiger partial charge on any atom is 0.153 e. The van der Waals surface area contributed by atoms with Gasteiger partial charge in [0.2, 0.25) is 0 Å². The van der Waals surface area contributed by atoms with Crippen molar-refractivity contribution in [1.82, 2.24) is 4.90 Å². The molecule has 1 aromatic carbocycles. The largest absolute Gasteiger partial charge is 0.507 e. The van der Waals surface area contributed by atoms with E-state index in [2.05, 4.69) is 4.90 Å². The van der Waals surface area contributed by atoms with E-state index < -0.39 is 0 Å². The van der Waals surface area contributed by atoms with Crippen LogP contribution in [0.15, 0.2) is 12.1 Å². The molecule has 0 amide bonds. The molecule has 18 heavy (non-hydrogen) atoms. The lowest BCUT2D eigenvalue weighted by Crippen LogP contribution is -2.41. The van der Waals surface area contributed by atoms with E-state index in [0.717, 1.165) is 38.3 Å². The van der Waals surface area contributed by atoms with E-state index in [9.17, 15) is 9.90 Å². The lowest BCUT2D eigenvalue weighted by Gasteiger charge is -2.36. The van der Waals surface area contributed by atoms with Crippen LogP contribution in [-0.4, -0.2) is 35.4 Å². The van der Waals surface area contributed by atoms with E-state index in [-0.39, 0.29) is 5.75 Å². The maximum atomic E-state index is 10.9. The molecule has 0 radical (unpaired) electrons. The topological polar surface area (TPSA) is 40.5 Å². The number of aromatic hydroxyl groups is 1. The van der Waals surface area contributed by atoms with E-state index in [1.807, 2.05) is 6.07 Å². The summed E-state index contributed by atoms with van der Waals surface area (Å²) in [5, 5.41) is 9.75. The van der Waals surface area contributed by atoms with Crippen LogP contribution in [-0.2, 0) is 12.8 Å². The van der Waals surface area contributed by atoms with Gasteiger partial charge in [-0.05, 0) is 48.9 Å². The molecule has 1 aliphatic carbocycles. The molecular formula is C15H19NO2. The molecule has 0 atom stereocenters. The summed E-state index contributed by atoms with van der Waals surface area (Å²) in [5.41, 5.74) is 2.86. The molecule has 1 heterocycles. The number of fused-ring (bicyclic) bond motifs is 1. The molecule has 1 N–H and O–H groups in total. The van der Waals surface area contributed by atoms with Gasteiger partial charge >= 0.3 is 0 Å². The maximum absolute atomic E-state index is 10.9. The van der Waals surface area contributed by atoms with Crippen LogP contribution in [0.2, 0.25) is 0 Å². The summed E-state index contributed by atoms with van der Waals surface area (Å²) < 4.78 is 0. The number of hydrogen-bond donors (Lipinski definition) is 1. The molecular weight excluding hydrogens is 226 g/mol. The quantitative estimate of drug-likeness (QED) is 0.812. The number of benzene rings is 1. The minimum Gasteiger partial charge on any atom is -0.507 e. The molecule has 0 unspecified atom stereocenters. The molecule has 3 nitrogen and oxygen atoms in total. The summed E-state index contributed by atoms with van der Waals surface area (Å²) in [7, 11) is 0. The predicted molar refractivity (Wildman–Crippen MR) is 70.1 cm³/mol. The van der Waals surface area contributed by atoms with Gasteiger partial charge in [-0.2, -0.15) is 0 Å². The van der Waals surface area contributed by atoms with Gasteiger partial charge in [0.1, 0.15) is 5.75 Å². The van der Waals surface area contributed by atoms with Gasteiger partial charge in [-0.1, -0.05) is 6.42 Å². The van der Waals surface area contributed by atoms with Crippen LogP contribution in [0.3, 0.4) is 0 Å². The zero-order chi connectivity index (χ0) is 12.5. The zero-order valence-corrected chi connectivity index (χ0v) is 10.6. The third-order valence-electron chi connectivity index (χ3n) is 4.40. The van der Waals surface area contributed by atoms with Gasteiger partial charge in [0.15, 0.2) is 6.29 Å². The fourth-order valence-electron chi connectivity index (χ4n) is 3.01. The van der Waals surface area contributed by atoms with Crippen molar-refractivity contribution in [1.29, 1.82) is 0 Å². The van der Waals surface area contributed by atoms with E-state index in [4.69, 9.17) is 0 Å². The highest BCUT2D eigenvalue weighted by Gasteiger charge is 2.26. The van der Waals surface area contributed by atoms with Crippen molar-refractivity contribution in [3.05, 3.63) is 28.8 Å². The van der Waals surface area contributed by atoms with Crippen molar-refractivity contribution in [3.63, 3.8) is 0 Å². The van der Waals surface area contributed by atoms with Gasteiger partial charge in [0.05, 0.1) is 5.56 Å². The van der Waals surface area contributed by atoms with Crippen molar-refractivity contribution < 1.29 is 9.90 Å². The number of phenols is 1. The first-order chi connectivity index (χ1) is 8.78. The SMILES string of the molecule is O=Cc1cc2c(cc1O)CCN(C1CCC1)CC2. The fraction of sp³-hybridized carbons (Fsp3) is 0.533. The Labute approximate surface area is 107 Å². The lowest BCUT2D eigenvalue weighted by atomic mass is 9.91. The van der Waals surface area contributed by atoms with E-state index in [1.165, 1.54) is 30.4 Å². The van der Waals surface area contributed by atoms with Gasteiger partial charge in [-0.25, -0.2) is 0 Å². The smallest absolute Gasteiger partial charge is 0.153 e. The van der Waals surface area contributed by atoms with Crippen molar-refractivity contribution in [3.8, 4) is 5.75 Å². The molecule has 1 saturated carbocycles. The minimum atomic E-state index is 0.126. The number of phenolic OH excluding ortho intramolecular Hbond substituents is 1. The van der Waals surface area contributed by atoms with Gasteiger partial charge in [-0.15, -0.1) is 0 Å². The highest BCUT2D eigenvalue weighted by atomic mass is 16.3. The Balaban J connectivity index is 1.82. The fourth-order valence-corrected chi connectivity index (χ4v) is 3.01. The molecule has 3 heteroatoms. The second-order valence-electron chi connectivity index (χ2n) is 5.42. The molecule has 0 bridgehead atoms. The van der Waals surface area contributed by atoms with Crippen molar-refractivity contribution in [2.45, 2.75) is 38.1 Å². The monoisotopic (exact) mass is 245 g/mol. The van der Waals surface area contributed by atoms with Crippen molar-refractivity contribution >= 4 is 6.29 Å². The third kappa shape index (κ3) is 2.03. The van der Waals surface area contributed by atoms with E-state index >= 15 is 0 Å². The second kappa shape index (κ2) is 4.73. The van der Waals surface area contributed by atoms with Gasteiger partial charge in [-0.3, -0.25) is 9.69 Å². The molecule has 3 rings (SSSR count). The van der Waals surface area contributed by atoms with Gasteiger partial charge in [0, 0.05) is 19.1 Å². The number of rotatable bonds is 2. The molecule has 1 aromatic rings. The first-order valence-corrected chi connectivity index (χ1v) is 6.82. The van der Waals surface area contributed by atoms with Crippen LogP contribution < -0.4 is 0 Å². The number of carbonyl (C=O) groups excluding carboxylic acids is 1. The van der Waals surface area contributed by atoms with Gasteiger partial charge < -0.3 is 5.11 Å². The Hall–Kier alpha value is -1.35. The Bertz CT molecular complexity index is 466. The minimum absolute atomic E-state index is 0.126. The van der Waals surface area contributed by atoms with Crippen molar-refractivity contribution in [2.24, 2.45) is 0 Å². The summed E-state index contributed by atoms with van der Waals surface area (Å²) in [6, 6.07) is 4.42. The molecule has 0 aromatic heterocycles. The number of hydrogen-bond acceptors (Lipinski definition) is 3. The first kappa shape index (κ1) is 11.7. The van der Waals surface area contributed by atoms with Crippen LogP contribution in [0.4, 0.5) is 0 Å². The Morgan fingerprint density at radius 2 is 1.83 bits per heavy atom. The summed E-state index contributed by atoms with van der Waals surface area (Å²) >= 11 is 0. The Morgan fingerprint density at radius 1 is 1.17 bits per heavy atom. The third-order valence-corrected chi connectivity index (χ3v) is 4.40. The summed E-state index contributed by atoms with van der Waals surface area (Å²) in [6.07, 6.45) is 6.75. The van der Waals surface area contributed by atoms with Gasteiger partial charge in [0.25, 0.3) is 0 Å². The molecule has 2 aliphatic rings. The average Bonchev–Trinajstić information content (AvgIpc) is 2.49. The highest BCUT2D eigenvalue weighted by Crippen LogP contribution is 2.29. The number of nitrogens with zero attached hydrogens (tertiary/aromatic N) is 1. The summed E-state index contributed by atoms with van der Waals surface area (Å²) in [5.74, 6) is 0.126. The predicted octanol–water partition coefficient (Wildman–Crippen LogP) is 2.16. The average molecular weight is 245 g/mol.